The highest BCUT2D eigenvalue weighted by Crippen LogP contribution is 2.29. The van der Waals surface area contributed by atoms with Crippen LogP contribution >= 0.6 is 15.9 Å². The van der Waals surface area contributed by atoms with Crippen LogP contribution in [-0.4, -0.2) is 9.91 Å². The Morgan fingerprint density at radius 3 is 2.52 bits per heavy atom. The molecule has 0 spiro atoms. The van der Waals surface area contributed by atoms with Crippen LogP contribution in [0.25, 0.3) is 0 Å². The molecule has 1 aromatic heterocycles. The normalized spacial score (nSPS) is 10.3. The lowest BCUT2D eigenvalue weighted by atomic mass is 10.2. The minimum atomic E-state index is -0.530. The third kappa shape index (κ3) is 4.54. The van der Waals surface area contributed by atoms with E-state index in [0.717, 1.165) is 10.0 Å². The van der Waals surface area contributed by atoms with Gasteiger partial charge in [0.15, 0.2) is 0 Å². The van der Waals surface area contributed by atoms with Crippen LogP contribution in [0.5, 0.6) is 17.4 Å². The van der Waals surface area contributed by atoms with Crippen molar-refractivity contribution in [3.8, 4) is 17.4 Å². The Labute approximate surface area is 152 Å². The first kappa shape index (κ1) is 16.9. The molecule has 0 N–H and O–H groups in total. The van der Waals surface area contributed by atoms with Gasteiger partial charge in [-0.15, -0.1) is 0 Å². The van der Waals surface area contributed by atoms with Crippen molar-refractivity contribution in [1.82, 2.24) is 4.98 Å². The lowest BCUT2D eigenvalue weighted by molar-refractivity contribution is -0.386. The lowest BCUT2D eigenvalue weighted by Gasteiger charge is -2.08. The standard InChI is InChI=1S/C18H13BrN2O4/c19-14-4-1-3-13(11-14)12-24-15-6-8-16(9-7-15)25-18-17(21(22)23)5-2-10-20-18/h1-11H,12H2. The summed E-state index contributed by atoms with van der Waals surface area (Å²) >= 11 is 3.42. The summed E-state index contributed by atoms with van der Waals surface area (Å²) in [6, 6.07) is 17.5. The Morgan fingerprint density at radius 2 is 1.80 bits per heavy atom. The van der Waals surface area contributed by atoms with E-state index in [9.17, 15) is 10.1 Å². The van der Waals surface area contributed by atoms with E-state index < -0.39 is 4.92 Å². The average molecular weight is 401 g/mol. The van der Waals surface area contributed by atoms with Crippen LogP contribution in [0.1, 0.15) is 5.56 Å². The molecular weight excluding hydrogens is 388 g/mol. The number of nitro groups is 1. The minimum absolute atomic E-state index is 0.0460. The minimum Gasteiger partial charge on any atom is -0.489 e. The smallest absolute Gasteiger partial charge is 0.331 e. The monoisotopic (exact) mass is 400 g/mol. The van der Waals surface area contributed by atoms with Gasteiger partial charge in [0, 0.05) is 16.7 Å². The number of halogens is 1. The summed E-state index contributed by atoms with van der Waals surface area (Å²) in [6.07, 6.45) is 1.44. The molecule has 126 valence electrons. The Bertz CT molecular complexity index is 884. The number of rotatable bonds is 6. The van der Waals surface area contributed by atoms with Crippen LogP contribution in [0, 0.1) is 10.1 Å². The van der Waals surface area contributed by atoms with Crippen LogP contribution in [0.15, 0.2) is 71.3 Å². The average Bonchev–Trinajstić information content (AvgIpc) is 2.61. The number of pyridine rings is 1. The molecule has 0 saturated heterocycles. The molecule has 0 aliphatic heterocycles. The van der Waals surface area contributed by atoms with Crippen LogP contribution in [0.4, 0.5) is 5.69 Å². The quantitative estimate of drug-likeness (QED) is 0.423. The molecule has 0 fully saturated rings. The second-order valence-electron chi connectivity index (χ2n) is 5.08. The molecule has 0 unspecified atom stereocenters. The fraction of sp³-hybridized carbons (Fsp3) is 0.0556. The highest BCUT2D eigenvalue weighted by atomic mass is 79.9. The van der Waals surface area contributed by atoms with Crippen LogP contribution in [0.3, 0.4) is 0 Å². The van der Waals surface area contributed by atoms with Gasteiger partial charge in [0.1, 0.15) is 18.1 Å². The zero-order valence-electron chi connectivity index (χ0n) is 13.0. The second-order valence-corrected chi connectivity index (χ2v) is 5.99. The van der Waals surface area contributed by atoms with Gasteiger partial charge in [-0.1, -0.05) is 28.1 Å². The summed E-state index contributed by atoms with van der Waals surface area (Å²) in [5.74, 6) is 1.06. The highest BCUT2D eigenvalue weighted by molar-refractivity contribution is 9.10. The van der Waals surface area contributed by atoms with Gasteiger partial charge in [0.2, 0.25) is 0 Å². The zero-order valence-corrected chi connectivity index (χ0v) is 14.5. The van der Waals surface area contributed by atoms with Gasteiger partial charge < -0.3 is 9.47 Å². The van der Waals surface area contributed by atoms with Crippen molar-refractivity contribution < 1.29 is 14.4 Å². The fourth-order valence-corrected chi connectivity index (χ4v) is 2.56. The second kappa shape index (κ2) is 7.76. The Balaban J connectivity index is 1.65. The molecule has 0 saturated carbocycles. The topological polar surface area (TPSA) is 74.5 Å². The lowest BCUT2D eigenvalue weighted by Crippen LogP contribution is -1.96. The molecule has 0 aliphatic carbocycles. The highest BCUT2D eigenvalue weighted by Gasteiger charge is 2.16. The van der Waals surface area contributed by atoms with Crippen molar-refractivity contribution in [3.63, 3.8) is 0 Å². The van der Waals surface area contributed by atoms with E-state index in [0.29, 0.717) is 18.1 Å². The van der Waals surface area contributed by atoms with Gasteiger partial charge >= 0.3 is 5.69 Å². The number of aromatic nitrogens is 1. The Kier molecular flexibility index (Phi) is 5.25. The predicted octanol–water partition coefficient (Wildman–Crippen LogP) is 5.12. The molecule has 0 aliphatic rings. The number of hydrogen-bond donors (Lipinski definition) is 0. The van der Waals surface area contributed by atoms with E-state index in [2.05, 4.69) is 20.9 Å². The van der Waals surface area contributed by atoms with Gasteiger partial charge in [-0.05, 0) is 48.0 Å². The predicted molar refractivity (Wildman–Crippen MR) is 95.9 cm³/mol. The molecule has 3 rings (SSSR count). The van der Waals surface area contributed by atoms with E-state index in [1.54, 1.807) is 24.3 Å². The molecule has 6 nitrogen and oxygen atoms in total. The molecule has 0 radical (unpaired) electrons. The SMILES string of the molecule is O=[N+]([O-])c1cccnc1Oc1ccc(OCc2cccc(Br)c2)cc1. The summed E-state index contributed by atoms with van der Waals surface area (Å²) in [7, 11) is 0. The van der Waals surface area contributed by atoms with E-state index in [4.69, 9.17) is 9.47 Å². The van der Waals surface area contributed by atoms with Crippen LogP contribution in [-0.2, 0) is 6.61 Å². The maximum Gasteiger partial charge on any atom is 0.331 e. The number of ether oxygens (including phenoxy) is 2. The number of hydrogen-bond acceptors (Lipinski definition) is 5. The van der Waals surface area contributed by atoms with Crippen molar-refractivity contribution in [2.45, 2.75) is 6.61 Å². The summed E-state index contributed by atoms with van der Waals surface area (Å²) in [5.41, 5.74) is 0.858. The number of benzene rings is 2. The van der Waals surface area contributed by atoms with Gasteiger partial charge in [0.05, 0.1) is 4.92 Å². The maximum absolute atomic E-state index is 11.0. The molecule has 1 heterocycles. The fourth-order valence-electron chi connectivity index (χ4n) is 2.11. The van der Waals surface area contributed by atoms with Crippen molar-refractivity contribution in [1.29, 1.82) is 0 Å². The van der Waals surface area contributed by atoms with Gasteiger partial charge in [-0.2, -0.15) is 0 Å². The Hall–Kier alpha value is -2.93. The van der Waals surface area contributed by atoms with Crippen molar-refractivity contribution in [2.75, 3.05) is 0 Å². The summed E-state index contributed by atoms with van der Waals surface area (Å²) in [5, 5.41) is 11.0. The largest absolute Gasteiger partial charge is 0.489 e. The maximum atomic E-state index is 11.0. The summed E-state index contributed by atoms with van der Waals surface area (Å²) in [4.78, 5) is 14.3. The Morgan fingerprint density at radius 1 is 1.04 bits per heavy atom. The summed E-state index contributed by atoms with van der Waals surface area (Å²) in [6.45, 7) is 0.436. The van der Waals surface area contributed by atoms with Gasteiger partial charge in [-0.25, -0.2) is 4.98 Å². The van der Waals surface area contributed by atoms with Crippen LogP contribution in [0.2, 0.25) is 0 Å². The first-order valence-electron chi connectivity index (χ1n) is 7.36. The summed E-state index contributed by atoms with van der Waals surface area (Å²) < 4.78 is 12.2. The van der Waals surface area contributed by atoms with E-state index in [1.165, 1.54) is 18.3 Å². The molecule has 0 atom stereocenters. The third-order valence-corrected chi connectivity index (χ3v) is 3.77. The molecule has 2 aromatic carbocycles. The molecule has 25 heavy (non-hydrogen) atoms. The molecular formula is C18H13BrN2O4. The first-order chi connectivity index (χ1) is 12.1. The van der Waals surface area contributed by atoms with Crippen molar-refractivity contribution in [2.24, 2.45) is 0 Å². The van der Waals surface area contributed by atoms with Crippen molar-refractivity contribution in [3.05, 3.63) is 87.0 Å². The van der Waals surface area contributed by atoms with Gasteiger partial charge in [0.25, 0.3) is 5.88 Å². The molecule has 0 amide bonds. The van der Waals surface area contributed by atoms with E-state index in [1.807, 2.05) is 24.3 Å². The third-order valence-electron chi connectivity index (χ3n) is 3.28. The zero-order chi connectivity index (χ0) is 17.6. The molecule has 0 bridgehead atoms. The number of nitrogens with zero attached hydrogens (tertiary/aromatic N) is 2. The van der Waals surface area contributed by atoms with Crippen molar-refractivity contribution >= 4 is 21.6 Å². The first-order valence-corrected chi connectivity index (χ1v) is 8.16. The van der Waals surface area contributed by atoms with E-state index >= 15 is 0 Å². The van der Waals surface area contributed by atoms with Gasteiger partial charge in [-0.3, -0.25) is 10.1 Å². The van der Waals surface area contributed by atoms with Crippen LogP contribution < -0.4 is 9.47 Å². The van der Waals surface area contributed by atoms with E-state index in [-0.39, 0.29) is 11.6 Å². The molecule has 7 heteroatoms. The molecule has 3 aromatic rings.